The van der Waals surface area contributed by atoms with Gasteiger partial charge in [-0.3, -0.25) is 9.79 Å². The minimum atomic E-state index is -0.145. The average molecular weight is 466 g/mol. The third kappa shape index (κ3) is 3.78. The molecule has 1 aliphatic heterocycles. The smallest absolute Gasteiger partial charge is 0.253 e. The molecule has 8 nitrogen and oxygen atoms in total. The predicted octanol–water partition coefficient (Wildman–Crippen LogP) is 4.71. The molecular formula is C27H23N5O3. The van der Waals surface area contributed by atoms with Gasteiger partial charge in [-0.25, -0.2) is 4.98 Å². The number of fused-ring (bicyclic) bond motifs is 3. The number of aromatic nitrogens is 3. The largest absolute Gasteiger partial charge is 0.493 e. The predicted molar refractivity (Wildman–Crippen MR) is 137 cm³/mol. The highest BCUT2D eigenvalue weighted by Gasteiger charge is 2.17. The maximum atomic E-state index is 12.7. The van der Waals surface area contributed by atoms with Crippen LogP contribution in [0.15, 0.2) is 70.7 Å². The molecule has 5 aromatic rings. The maximum absolute atomic E-state index is 12.7. The second-order valence-corrected chi connectivity index (χ2v) is 8.48. The van der Waals surface area contributed by atoms with Crippen molar-refractivity contribution in [2.24, 2.45) is 4.99 Å². The van der Waals surface area contributed by atoms with Crippen LogP contribution >= 0.6 is 0 Å². The van der Waals surface area contributed by atoms with E-state index in [-0.39, 0.29) is 5.56 Å². The average Bonchev–Trinajstić information content (AvgIpc) is 3.52. The Bertz CT molecular complexity index is 1680. The van der Waals surface area contributed by atoms with E-state index in [2.05, 4.69) is 38.5 Å². The van der Waals surface area contributed by atoms with Gasteiger partial charge in [0, 0.05) is 35.7 Å². The van der Waals surface area contributed by atoms with Crippen molar-refractivity contribution < 1.29 is 9.47 Å². The number of hydrogen-bond donors (Lipinski definition) is 3. The van der Waals surface area contributed by atoms with Gasteiger partial charge in [-0.15, -0.1) is 0 Å². The topological polar surface area (TPSA) is 104 Å². The molecule has 35 heavy (non-hydrogen) atoms. The summed E-state index contributed by atoms with van der Waals surface area (Å²) in [5.41, 5.74) is 8.27. The van der Waals surface area contributed by atoms with Crippen molar-refractivity contribution in [1.82, 2.24) is 15.0 Å². The highest BCUT2D eigenvalue weighted by molar-refractivity contribution is 6.08. The summed E-state index contributed by atoms with van der Waals surface area (Å²) in [5.74, 6) is 1.19. The molecule has 0 unspecified atom stereocenters. The number of rotatable bonds is 6. The Balaban J connectivity index is 1.24. The first-order chi connectivity index (χ1) is 17.1. The minimum absolute atomic E-state index is 0.145. The van der Waals surface area contributed by atoms with Crippen molar-refractivity contribution in [3.8, 4) is 11.5 Å². The van der Waals surface area contributed by atoms with Crippen LogP contribution in [-0.4, -0.2) is 34.9 Å². The molecule has 3 heterocycles. The Hall–Kier alpha value is -4.59. The van der Waals surface area contributed by atoms with Crippen LogP contribution in [0.3, 0.4) is 0 Å². The van der Waals surface area contributed by atoms with Gasteiger partial charge in [0.05, 0.1) is 48.5 Å². The van der Waals surface area contributed by atoms with Crippen LogP contribution in [0.1, 0.15) is 16.7 Å². The number of benzene rings is 3. The van der Waals surface area contributed by atoms with Crippen LogP contribution in [0.25, 0.3) is 21.9 Å². The maximum Gasteiger partial charge on any atom is 0.253 e. The zero-order valence-electron chi connectivity index (χ0n) is 19.3. The fourth-order valence-electron chi connectivity index (χ4n) is 4.48. The van der Waals surface area contributed by atoms with Gasteiger partial charge in [-0.2, -0.15) is 0 Å². The van der Waals surface area contributed by atoms with E-state index < -0.39 is 0 Å². The van der Waals surface area contributed by atoms with E-state index in [4.69, 9.17) is 14.5 Å². The SMILES string of the molecule is COc1cc2cc(CNc3ccc4c(c3)N=C(c3ccc5nc[nH]c5c3)C4)c(=O)[nH]c2cc1OC. The van der Waals surface area contributed by atoms with Crippen molar-refractivity contribution in [3.05, 3.63) is 88.0 Å². The van der Waals surface area contributed by atoms with E-state index >= 15 is 0 Å². The lowest BCUT2D eigenvalue weighted by atomic mass is 10.0. The highest BCUT2D eigenvalue weighted by Crippen LogP contribution is 2.33. The molecule has 0 aliphatic carbocycles. The number of anilines is 1. The quantitative estimate of drug-likeness (QED) is 0.337. The Morgan fingerprint density at radius 3 is 2.69 bits per heavy atom. The lowest BCUT2D eigenvalue weighted by Crippen LogP contribution is -2.15. The zero-order valence-corrected chi connectivity index (χ0v) is 19.3. The molecule has 174 valence electrons. The van der Waals surface area contributed by atoms with Crippen LogP contribution in [0.4, 0.5) is 11.4 Å². The van der Waals surface area contributed by atoms with Crippen LogP contribution in [0, 0.1) is 0 Å². The summed E-state index contributed by atoms with van der Waals surface area (Å²) in [7, 11) is 3.16. The summed E-state index contributed by atoms with van der Waals surface area (Å²) < 4.78 is 10.7. The molecule has 0 amide bonds. The van der Waals surface area contributed by atoms with Crippen LogP contribution in [0.5, 0.6) is 11.5 Å². The summed E-state index contributed by atoms with van der Waals surface area (Å²) in [6.07, 6.45) is 2.48. The van der Waals surface area contributed by atoms with Gasteiger partial charge < -0.3 is 24.8 Å². The third-order valence-corrected chi connectivity index (χ3v) is 6.36. The summed E-state index contributed by atoms with van der Waals surface area (Å²) in [5, 5.41) is 4.24. The lowest BCUT2D eigenvalue weighted by molar-refractivity contribution is 0.356. The highest BCUT2D eigenvalue weighted by atomic mass is 16.5. The van der Waals surface area contributed by atoms with E-state index in [1.165, 1.54) is 5.56 Å². The van der Waals surface area contributed by atoms with E-state index in [1.807, 2.05) is 30.3 Å². The monoisotopic (exact) mass is 465 g/mol. The summed E-state index contributed by atoms with van der Waals surface area (Å²) in [4.78, 5) is 27.9. The first-order valence-corrected chi connectivity index (χ1v) is 11.3. The summed E-state index contributed by atoms with van der Waals surface area (Å²) in [6, 6.07) is 17.8. The normalized spacial score (nSPS) is 12.6. The number of pyridine rings is 1. The molecule has 8 heteroatoms. The van der Waals surface area contributed by atoms with Crippen molar-refractivity contribution >= 4 is 39.0 Å². The number of imidazole rings is 1. The van der Waals surface area contributed by atoms with Crippen molar-refractivity contribution in [3.63, 3.8) is 0 Å². The third-order valence-electron chi connectivity index (χ3n) is 6.36. The lowest BCUT2D eigenvalue weighted by Gasteiger charge is -2.11. The number of aliphatic imine (C=N–C) groups is 1. The van der Waals surface area contributed by atoms with Gasteiger partial charge in [0.25, 0.3) is 5.56 Å². The Labute approximate surface area is 200 Å². The molecule has 0 fully saturated rings. The van der Waals surface area contributed by atoms with Crippen molar-refractivity contribution in [2.75, 3.05) is 19.5 Å². The van der Waals surface area contributed by atoms with E-state index in [0.717, 1.165) is 45.5 Å². The van der Waals surface area contributed by atoms with Gasteiger partial charge in [0.15, 0.2) is 11.5 Å². The molecule has 0 atom stereocenters. The van der Waals surface area contributed by atoms with Gasteiger partial charge in [0.1, 0.15) is 0 Å². The van der Waals surface area contributed by atoms with Gasteiger partial charge in [-0.05, 0) is 47.5 Å². The summed E-state index contributed by atoms with van der Waals surface area (Å²) in [6.45, 7) is 0.380. The van der Waals surface area contributed by atoms with Crippen molar-refractivity contribution in [2.45, 2.75) is 13.0 Å². The van der Waals surface area contributed by atoms with Crippen molar-refractivity contribution in [1.29, 1.82) is 0 Å². The first kappa shape index (κ1) is 21.0. The Morgan fingerprint density at radius 2 is 1.83 bits per heavy atom. The molecule has 0 bridgehead atoms. The molecule has 0 saturated carbocycles. The van der Waals surface area contributed by atoms with Crippen LogP contribution in [-0.2, 0) is 13.0 Å². The molecule has 0 saturated heterocycles. The standard InChI is InChI=1S/C27H23N5O3/c1-34-25-10-17-7-18(27(33)32-23(17)12-26(25)35-2)13-28-19-5-3-15-8-21(31-22(15)11-19)16-4-6-20-24(9-16)30-14-29-20/h3-7,9-12,14,28H,8,13H2,1-2H3,(H,29,30)(H,32,33). The summed E-state index contributed by atoms with van der Waals surface area (Å²) >= 11 is 0. The Morgan fingerprint density at radius 1 is 0.971 bits per heavy atom. The number of H-pyrrole nitrogens is 2. The molecule has 2 aromatic heterocycles. The van der Waals surface area contributed by atoms with Crippen LogP contribution < -0.4 is 20.3 Å². The molecule has 0 radical (unpaired) electrons. The second-order valence-electron chi connectivity index (χ2n) is 8.48. The van der Waals surface area contributed by atoms with Gasteiger partial charge in [0.2, 0.25) is 0 Å². The van der Waals surface area contributed by atoms with E-state index in [0.29, 0.717) is 29.1 Å². The zero-order chi connectivity index (χ0) is 23.9. The van der Waals surface area contributed by atoms with Gasteiger partial charge >= 0.3 is 0 Å². The van der Waals surface area contributed by atoms with Gasteiger partial charge in [-0.1, -0.05) is 12.1 Å². The molecular weight excluding hydrogens is 442 g/mol. The number of nitrogens with one attached hydrogen (secondary N) is 3. The van der Waals surface area contributed by atoms with E-state index in [9.17, 15) is 4.79 Å². The number of hydrogen-bond acceptors (Lipinski definition) is 6. The molecule has 3 N–H and O–H groups in total. The second kappa shape index (κ2) is 8.32. The first-order valence-electron chi connectivity index (χ1n) is 11.3. The number of methoxy groups -OCH3 is 2. The minimum Gasteiger partial charge on any atom is -0.493 e. The fraction of sp³-hybridized carbons (Fsp3) is 0.148. The number of aromatic amines is 2. The number of nitrogens with zero attached hydrogens (tertiary/aromatic N) is 2. The molecule has 3 aromatic carbocycles. The number of ether oxygens (including phenoxy) is 2. The van der Waals surface area contributed by atoms with Crippen LogP contribution in [0.2, 0.25) is 0 Å². The molecule has 0 spiro atoms. The molecule has 1 aliphatic rings. The fourth-order valence-corrected chi connectivity index (χ4v) is 4.48. The molecule has 6 rings (SSSR count). The Kier molecular flexibility index (Phi) is 4.99. The van der Waals surface area contributed by atoms with E-state index in [1.54, 1.807) is 26.6 Å².